The van der Waals surface area contributed by atoms with E-state index in [2.05, 4.69) is 27.7 Å². The molecule has 3 rings (SSSR count). The lowest BCUT2D eigenvalue weighted by atomic mass is 10.1. The van der Waals surface area contributed by atoms with Gasteiger partial charge in [0.1, 0.15) is 0 Å². The maximum atomic E-state index is 11.6. The first-order chi connectivity index (χ1) is 7.84. The summed E-state index contributed by atoms with van der Waals surface area (Å²) in [6.45, 7) is 4.74. The van der Waals surface area contributed by atoms with Gasteiger partial charge < -0.3 is 15.5 Å². The van der Waals surface area contributed by atoms with E-state index in [1.54, 1.807) is 0 Å². The molecule has 0 spiro atoms. The first kappa shape index (κ1) is 9.66. The Morgan fingerprint density at radius 2 is 2.00 bits per heavy atom. The van der Waals surface area contributed by atoms with Gasteiger partial charge >= 0.3 is 0 Å². The molecule has 0 aliphatic carbocycles. The number of amides is 1. The van der Waals surface area contributed by atoms with E-state index in [1.807, 2.05) is 6.07 Å². The standard InChI is InChI=1S/C12H15N3O/c16-12-11-7-10(2-1-9(11)8-14-12)15-5-3-13-4-6-15/h1-2,7,13H,3-6,8H2,(H,14,16). The Bertz CT molecular complexity index is 424. The van der Waals surface area contributed by atoms with Crippen LogP contribution in [0.1, 0.15) is 15.9 Å². The fourth-order valence-corrected chi connectivity index (χ4v) is 2.32. The average molecular weight is 217 g/mol. The monoisotopic (exact) mass is 217 g/mol. The van der Waals surface area contributed by atoms with E-state index in [1.165, 1.54) is 0 Å². The second-order valence-electron chi connectivity index (χ2n) is 4.26. The number of hydrogen-bond donors (Lipinski definition) is 2. The summed E-state index contributed by atoms with van der Waals surface area (Å²) in [4.78, 5) is 13.9. The van der Waals surface area contributed by atoms with Crippen molar-refractivity contribution < 1.29 is 4.79 Å². The molecular weight excluding hydrogens is 202 g/mol. The number of carbonyl (C=O) groups is 1. The molecule has 2 aliphatic heterocycles. The number of nitrogens with zero attached hydrogens (tertiary/aromatic N) is 1. The van der Waals surface area contributed by atoms with E-state index >= 15 is 0 Å². The van der Waals surface area contributed by atoms with Crippen molar-refractivity contribution in [1.82, 2.24) is 10.6 Å². The molecule has 0 bridgehead atoms. The summed E-state index contributed by atoms with van der Waals surface area (Å²) in [5, 5.41) is 6.17. The Morgan fingerprint density at radius 1 is 1.19 bits per heavy atom. The lowest BCUT2D eigenvalue weighted by Gasteiger charge is -2.29. The molecular formula is C12H15N3O. The summed E-state index contributed by atoms with van der Waals surface area (Å²) < 4.78 is 0. The molecule has 0 saturated carbocycles. The van der Waals surface area contributed by atoms with Crippen molar-refractivity contribution in [1.29, 1.82) is 0 Å². The largest absolute Gasteiger partial charge is 0.369 e. The summed E-state index contributed by atoms with van der Waals surface area (Å²) in [5.74, 6) is 0.0620. The average Bonchev–Trinajstić information content (AvgIpc) is 2.72. The van der Waals surface area contributed by atoms with Crippen LogP contribution in [-0.2, 0) is 6.54 Å². The van der Waals surface area contributed by atoms with Gasteiger partial charge in [0.05, 0.1) is 0 Å². The number of anilines is 1. The minimum Gasteiger partial charge on any atom is -0.369 e. The molecule has 0 aromatic heterocycles. The summed E-state index contributed by atoms with van der Waals surface area (Å²) in [6.07, 6.45) is 0. The van der Waals surface area contributed by atoms with Gasteiger partial charge in [-0.1, -0.05) is 6.07 Å². The van der Waals surface area contributed by atoms with Crippen molar-refractivity contribution in [2.24, 2.45) is 0 Å². The van der Waals surface area contributed by atoms with Gasteiger partial charge in [-0.05, 0) is 17.7 Å². The molecule has 1 saturated heterocycles. The van der Waals surface area contributed by atoms with Gasteiger partial charge in [-0.2, -0.15) is 0 Å². The maximum Gasteiger partial charge on any atom is 0.251 e. The molecule has 1 aromatic rings. The predicted molar refractivity (Wildman–Crippen MR) is 62.7 cm³/mol. The fourth-order valence-electron chi connectivity index (χ4n) is 2.32. The van der Waals surface area contributed by atoms with Crippen molar-refractivity contribution >= 4 is 11.6 Å². The van der Waals surface area contributed by atoms with Crippen LogP contribution in [-0.4, -0.2) is 32.1 Å². The topological polar surface area (TPSA) is 44.4 Å². The lowest BCUT2D eigenvalue weighted by molar-refractivity contribution is 0.0966. The SMILES string of the molecule is O=C1NCc2ccc(N3CCNCC3)cc21. The first-order valence-corrected chi connectivity index (χ1v) is 5.71. The quantitative estimate of drug-likeness (QED) is 0.713. The zero-order chi connectivity index (χ0) is 11.0. The zero-order valence-electron chi connectivity index (χ0n) is 9.12. The van der Waals surface area contributed by atoms with Crippen molar-refractivity contribution in [2.45, 2.75) is 6.54 Å². The molecule has 16 heavy (non-hydrogen) atoms. The van der Waals surface area contributed by atoms with E-state index in [9.17, 15) is 4.79 Å². The third kappa shape index (κ3) is 1.55. The summed E-state index contributed by atoms with van der Waals surface area (Å²) in [7, 11) is 0. The van der Waals surface area contributed by atoms with E-state index in [0.29, 0.717) is 6.54 Å². The molecule has 1 aromatic carbocycles. The fraction of sp³-hybridized carbons (Fsp3) is 0.417. The van der Waals surface area contributed by atoms with Crippen molar-refractivity contribution in [3.63, 3.8) is 0 Å². The molecule has 0 radical (unpaired) electrons. The number of rotatable bonds is 1. The Morgan fingerprint density at radius 3 is 2.81 bits per heavy atom. The lowest BCUT2D eigenvalue weighted by Crippen LogP contribution is -2.43. The van der Waals surface area contributed by atoms with Crippen LogP contribution in [0.5, 0.6) is 0 Å². The third-order valence-electron chi connectivity index (χ3n) is 3.26. The van der Waals surface area contributed by atoms with Gasteiger partial charge in [0.25, 0.3) is 5.91 Å². The van der Waals surface area contributed by atoms with Gasteiger partial charge in [0, 0.05) is 44.0 Å². The molecule has 0 atom stereocenters. The summed E-state index contributed by atoms with van der Waals surface area (Å²) in [6, 6.07) is 6.19. The maximum absolute atomic E-state index is 11.6. The predicted octanol–water partition coefficient (Wildman–Crippen LogP) is 0.340. The molecule has 2 N–H and O–H groups in total. The Hall–Kier alpha value is -1.55. The number of fused-ring (bicyclic) bond motifs is 1. The molecule has 84 valence electrons. The number of benzene rings is 1. The molecule has 2 heterocycles. The Balaban J connectivity index is 1.91. The van der Waals surface area contributed by atoms with Gasteiger partial charge in [0.2, 0.25) is 0 Å². The third-order valence-corrected chi connectivity index (χ3v) is 3.26. The van der Waals surface area contributed by atoms with Crippen LogP contribution in [0, 0.1) is 0 Å². The van der Waals surface area contributed by atoms with Crippen LogP contribution in [0.2, 0.25) is 0 Å². The Labute approximate surface area is 94.6 Å². The van der Waals surface area contributed by atoms with Crippen LogP contribution in [0.15, 0.2) is 18.2 Å². The van der Waals surface area contributed by atoms with Crippen LogP contribution in [0.3, 0.4) is 0 Å². The highest BCUT2D eigenvalue weighted by molar-refractivity contribution is 5.99. The number of piperazine rings is 1. The van der Waals surface area contributed by atoms with E-state index in [0.717, 1.165) is 43.0 Å². The number of hydrogen-bond acceptors (Lipinski definition) is 3. The van der Waals surface area contributed by atoms with Crippen LogP contribution in [0.25, 0.3) is 0 Å². The van der Waals surface area contributed by atoms with Crippen molar-refractivity contribution in [3.05, 3.63) is 29.3 Å². The minimum atomic E-state index is 0.0620. The molecule has 4 nitrogen and oxygen atoms in total. The van der Waals surface area contributed by atoms with Crippen LogP contribution < -0.4 is 15.5 Å². The molecule has 4 heteroatoms. The summed E-state index contributed by atoms with van der Waals surface area (Å²) >= 11 is 0. The molecule has 0 unspecified atom stereocenters. The van der Waals surface area contributed by atoms with Crippen LogP contribution >= 0.6 is 0 Å². The van der Waals surface area contributed by atoms with E-state index in [4.69, 9.17) is 0 Å². The smallest absolute Gasteiger partial charge is 0.251 e. The zero-order valence-corrected chi connectivity index (χ0v) is 9.12. The van der Waals surface area contributed by atoms with Crippen molar-refractivity contribution in [3.8, 4) is 0 Å². The normalized spacial score (nSPS) is 19.5. The van der Waals surface area contributed by atoms with Gasteiger partial charge in [-0.15, -0.1) is 0 Å². The van der Waals surface area contributed by atoms with Crippen molar-refractivity contribution in [2.75, 3.05) is 31.1 Å². The second kappa shape index (κ2) is 3.79. The summed E-state index contributed by atoms with van der Waals surface area (Å²) in [5.41, 5.74) is 3.12. The molecule has 1 fully saturated rings. The highest BCUT2D eigenvalue weighted by Crippen LogP contribution is 2.23. The van der Waals surface area contributed by atoms with Gasteiger partial charge in [-0.3, -0.25) is 4.79 Å². The highest BCUT2D eigenvalue weighted by Gasteiger charge is 2.20. The highest BCUT2D eigenvalue weighted by atomic mass is 16.1. The second-order valence-corrected chi connectivity index (χ2v) is 4.26. The minimum absolute atomic E-state index is 0.0620. The number of carbonyl (C=O) groups excluding carboxylic acids is 1. The van der Waals surface area contributed by atoms with E-state index in [-0.39, 0.29) is 5.91 Å². The van der Waals surface area contributed by atoms with Crippen LogP contribution in [0.4, 0.5) is 5.69 Å². The first-order valence-electron chi connectivity index (χ1n) is 5.71. The van der Waals surface area contributed by atoms with Gasteiger partial charge in [0.15, 0.2) is 0 Å². The molecule has 2 aliphatic rings. The Kier molecular flexibility index (Phi) is 2.29. The van der Waals surface area contributed by atoms with E-state index < -0.39 is 0 Å². The van der Waals surface area contributed by atoms with Gasteiger partial charge in [-0.25, -0.2) is 0 Å². The number of nitrogens with one attached hydrogen (secondary N) is 2. The molecule has 1 amide bonds.